The summed E-state index contributed by atoms with van der Waals surface area (Å²) in [5, 5.41) is 13.6. The van der Waals surface area contributed by atoms with Gasteiger partial charge >= 0.3 is 0 Å². The summed E-state index contributed by atoms with van der Waals surface area (Å²) in [6.45, 7) is 5.11. The normalized spacial score (nSPS) is 21.5. The average molecular weight is 382 g/mol. The molecular weight excluding hydrogens is 359 g/mol. The van der Waals surface area contributed by atoms with Gasteiger partial charge in [-0.1, -0.05) is 13.8 Å². The molecule has 0 bridgehead atoms. The van der Waals surface area contributed by atoms with Crippen molar-refractivity contribution in [1.29, 1.82) is 0 Å². The van der Waals surface area contributed by atoms with Gasteiger partial charge in [0.15, 0.2) is 0 Å². The van der Waals surface area contributed by atoms with Crippen molar-refractivity contribution in [2.75, 3.05) is 6.54 Å². The van der Waals surface area contributed by atoms with Gasteiger partial charge in [-0.15, -0.1) is 0 Å². The zero-order valence-electron chi connectivity index (χ0n) is 14.8. The molecule has 142 valence electrons. The van der Waals surface area contributed by atoms with Crippen LogP contribution in [0.3, 0.4) is 0 Å². The van der Waals surface area contributed by atoms with Crippen LogP contribution in [0, 0.1) is 11.7 Å². The summed E-state index contributed by atoms with van der Waals surface area (Å²) in [6.07, 6.45) is 3.67. The summed E-state index contributed by atoms with van der Waals surface area (Å²) < 4.78 is 41.0. The Morgan fingerprint density at radius 3 is 2.77 bits per heavy atom. The topological polar surface area (TPSA) is 95.5 Å². The maximum atomic E-state index is 15.1. The number of aryl methyl sites for hydroxylation is 1. The number of amides is 1. The van der Waals surface area contributed by atoms with Gasteiger partial charge in [0.1, 0.15) is 16.5 Å². The monoisotopic (exact) mass is 382 g/mol. The molecule has 3 N–H and O–H groups in total. The van der Waals surface area contributed by atoms with Crippen LogP contribution >= 0.6 is 0 Å². The van der Waals surface area contributed by atoms with Crippen molar-refractivity contribution in [2.24, 2.45) is 5.92 Å². The van der Waals surface area contributed by atoms with E-state index in [-0.39, 0.29) is 6.04 Å². The molecule has 0 spiro atoms. The standard InChI is InChI=1S/C18H23FN2O4S/c1-10(2)5-6-20-12-4-3-11-7-14(22)17(18(19)13(11)8-12)15-9-16(23)21-26(15,24)25/h7,9-10,12,20,22H,3-6,8H2,1-2H3,(H,21,23). The molecule has 1 aromatic rings. The number of rotatable bonds is 5. The first kappa shape index (κ1) is 18.8. The number of hydrogen-bond donors (Lipinski definition) is 3. The van der Waals surface area contributed by atoms with Crippen molar-refractivity contribution in [1.82, 2.24) is 10.0 Å². The maximum absolute atomic E-state index is 15.1. The molecule has 1 aliphatic heterocycles. The molecule has 1 amide bonds. The van der Waals surface area contributed by atoms with E-state index in [2.05, 4.69) is 19.2 Å². The predicted octanol–water partition coefficient (Wildman–Crippen LogP) is 1.82. The van der Waals surface area contributed by atoms with Crippen molar-refractivity contribution in [3.63, 3.8) is 0 Å². The van der Waals surface area contributed by atoms with Crippen molar-refractivity contribution >= 4 is 20.8 Å². The van der Waals surface area contributed by atoms with Gasteiger partial charge in [0, 0.05) is 12.1 Å². The molecule has 0 radical (unpaired) electrons. The summed E-state index contributed by atoms with van der Waals surface area (Å²) in [5.74, 6) is -1.49. The highest BCUT2D eigenvalue weighted by atomic mass is 32.2. The highest BCUT2D eigenvalue weighted by Crippen LogP contribution is 2.38. The number of halogens is 1. The van der Waals surface area contributed by atoms with E-state index in [9.17, 15) is 18.3 Å². The lowest BCUT2D eigenvalue weighted by atomic mass is 9.86. The van der Waals surface area contributed by atoms with Gasteiger partial charge in [0.2, 0.25) is 0 Å². The van der Waals surface area contributed by atoms with E-state index in [4.69, 9.17) is 0 Å². The van der Waals surface area contributed by atoms with E-state index >= 15 is 4.39 Å². The number of benzene rings is 1. The smallest absolute Gasteiger partial charge is 0.265 e. The molecular formula is C18H23FN2O4S. The largest absolute Gasteiger partial charge is 0.507 e. The van der Waals surface area contributed by atoms with E-state index in [1.165, 1.54) is 6.07 Å². The fourth-order valence-electron chi connectivity index (χ4n) is 3.46. The highest BCUT2D eigenvalue weighted by molar-refractivity contribution is 8.00. The van der Waals surface area contributed by atoms with Gasteiger partial charge in [-0.25, -0.2) is 17.5 Å². The molecule has 26 heavy (non-hydrogen) atoms. The maximum Gasteiger partial charge on any atom is 0.265 e. The summed E-state index contributed by atoms with van der Waals surface area (Å²) in [4.78, 5) is 10.9. The zero-order valence-corrected chi connectivity index (χ0v) is 15.6. The van der Waals surface area contributed by atoms with Gasteiger partial charge < -0.3 is 10.4 Å². The van der Waals surface area contributed by atoms with E-state index < -0.39 is 38.0 Å². The van der Waals surface area contributed by atoms with Crippen LogP contribution in [-0.4, -0.2) is 32.0 Å². The Balaban J connectivity index is 1.92. The van der Waals surface area contributed by atoms with Crippen molar-refractivity contribution in [3.05, 3.63) is 34.6 Å². The minimum atomic E-state index is -4.15. The van der Waals surface area contributed by atoms with Gasteiger partial charge in [-0.3, -0.25) is 4.79 Å². The second-order valence-corrected chi connectivity index (χ2v) is 8.93. The second-order valence-electron chi connectivity index (χ2n) is 7.28. The Bertz CT molecular complexity index is 878. The number of carbonyl (C=O) groups excluding carboxylic acids is 1. The SMILES string of the molecule is CC(C)CCNC1CCc2cc(O)c(C3=CC(=O)NS3(=O)=O)c(F)c2C1. The molecule has 1 unspecified atom stereocenters. The lowest BCUT2D eigenvalue weighted by Gasteiger charge is -2.27. The van der Waals surface area contributed by atoms with Crippen LogP contribution < -0.4 is 10.0 Å². The number of sulfonamides is 1. The average Bonchev–Trinajstić information content (AvgIpc) is 2.80. The Kier molecular flexibility index (Phi) is 5.07. The van der Waals surface area contributed by atoms with Gasteiger partial charge in [0.05, 0.1) is 5.56 Å². The summed E-state index contributed by atoms with van der Waals surface area (Å²) in [7, 11) is -4.15. The first-order valence-corrected chi connectivity index (χ1v) is 10.2. The first-order chi connectivity index (χ1) is 12.2. The third-order valence-electron chi connectivity index (χ3n) is 4.84. The third-order valence-corrected chi connectivity index (χ3v) is 6.21. The first-order valence-electron chi connectivity index (χ1n) is 8.74. The minimum Gasteiger partial charge on any atom is -0.507 e. The summed E-state index contributed by atoms with van der Waals surface area (Å²) in [6, 6.07) is 1.51. The minimum absolute atomic E-state index is 0.0991. The number of phenols is 1. The fraction of sp³-hybridized carbons (Fsp3) is 0.500. The lowest BCUT2D eigenvalue weighted by molar-refractivity contribution is -0.114. The quantitative estimate of drug-likeness (QED) is 0.722. The molecule has 1 atom stereocenters. The molecule has 2 aliphatic rings. The molecule has 0 fully saturated rings. The molecule has 1 heterocycles. The number of nitrogens with one attached hydrogen (secondary N) is 2. The van der Waals surface area contributed by atoms with E-state index in [0.29, 0.717) is 29.9 Å². The van der Waals surface area contributed by atoms with Crippen molar-refractivity contribution in [3.8, 4) is 5.75 Å². The Morgan fingerprint density at radius 2 is 2.15 bits per heavy atom. The number of carbonyl (C=O) groups is 1. The van der Waals surface area contributed by atoms with Crippen LogP contribution in [0.4, 0.5) is 4.39 Å². The van der Waals surface area contributed by atoms with Gasteiger partial charge in [0.25, 0.3) is 15.9 Å². The molecule has 6 nitrogen and oxygen atoms in total. The Hall–Kier alpha value is -1.93. The van der Waals surface area contributed by atoms with E-state index in [0.717, 1.165) is 25.5 Å². The third kappa shape index (κ3) is 3.61. The van der Waals surface area contributed by atoms with Crippen LogP contribution in [-0.2, 0) is 27.7 Å². The van der Waals surface area contributed by atoms with Gasteiger partial charge in [-0.05, 0) is 55.3 Å². The Labute approximate surface area is 152 Å². The second kappa shape index (κ2) is 7.00. The summed E-state index contributed by atoms with van der Waals surface area (Å²) in [5.41, 5.74) is 0.660. The highest BCUT2D eigenvalue weighted by Gasteiger charge is 2.35. The van der Waals surface area contributed by atoms with E-state index in [1.54, 1.807) is 4.72 Å². The zero-order chi connectivity index (χ0) is 19.1. The van der Waals surface area contributed by atoms with Crippen LogP contribution in [0.15, 0.2) is 12.1 Å². The molecule has 0 aromatic heterocycles. The number of fused-ring (bicyclic) bond motifs is 1. The molecule has 1 aromatic carbocycles. The fourth-order valence-corrected chi connectivity index (χ4v) is 4.61. The molecule has 0 saturated heterocycles. The number of aromatic hydroxyl groups is 1. The van der Waals surface area contributed by atoms with Crippen LogP contribution in [0.2, 0.25) is 0 Å². The number of phenolic OH excluding ortho intramolecular Hbond substituents is 1. The van der Waals surface area contributed by atoms with Crippen molar-refractivity contribution < 1.29 is 22.7 Å². The molecule has 8 heteroatoms. The van der Waals surface area contributed by atoms with Gasteiger partial charge in [-0.2, -0.15) is 0 Å². The van der Waals surface area contributed by atoms with E-state index in [1.807, 2.05) is 0 Å². The molecule has 0 saturated carbocycles. The number of hydrogen-bond acceptors (Lipinski definition) is 5. The summed E-state index contributed by atoms with van der Waals surface area (Å²) >= 11 is 0. The van der Waals surface area contributed by atoms with Crippen LogP contribution in [0.25, 0.3) is 4.91 Å². The lowest BCUT2D eigenvalue weighted by Crippen LogP contribution is -2.36. The van der Waals surface area contributed by atoms with Crippen LogP contribution in [0.1, 0.15) is 43.4 Å². The Morgan fingerprint density at radius 1 is 1.42 bits per heavy atom. The predicted molar refractivity (Wildman–Crippen MR) is 96.4 cm³/mol. The van der Waals surface area contributed by atoms with Crippen molar-refractivity contribution in [2.45, 2.75) is 45.6 Å². The molecule has 1 aliphatic carbocycles. The molecule has 3 rings (SSSR count). The van der Waals surface area contributed by atoms with Crippen LogP contribution in [0.5, 0.6) is 5.75 Å².